The van der Waals surface area contributed by atoms with Crippen LogP contribution < -0.4 is 0 Å². The van der Waals surface area contributed by atoms with E-state index in [1.165, 1.54) is 6.42 Å². The Labute approximate surface area is 174 Å². The first-order valence-electron chi connectivity index (χ1n) is 11.0. The molecule has 1 aromatic carbocycles. The molecule has 5 unspecified atom stereocenters. The van der Waals surface area contributed by atoms with Crippen molar-refractivity contribution in [1.82, 2.24) is 0 Å². The molecule has 0 saturated heterocycles. The lowest BCUT2D eigenvalue weighted by molar-refractivity contribution is -0.137. The maximum atomic E-state index is 10.6. The van der Waals surface area contributed by atoms with Crippen LogP contribution in [0.25, 0.3) is 0 Å². The van der Waals surface area contributed by atoms with Gasteiger partial charge in [-0.1, -0.05) is 56.3 Å². The number of aliphatic hydroxyl groups is 1. The second-order valence-corrected chi connectivity index (χ2v) is 9.38. The van der Waals surface area contributed by atoms with Gasteiger partial charge in [-0.25, -0.2) is 0 Å². The third kappa shape index (κ3) is 5.57. The van der Waals surface area contributed by atoms with E-state index in [1.54, 1.807) is 6.21 Å². The van der Waals surface area contributed by atoms with E-state index in [0.29, 0.717) is 30.1 Å². The van der Waals surface area contributed by atoms with Crippen LogP contribution in [0, 0.1) is 23.2 Å². The van der Waals surface area contributed by atoms with E-state index in [0.717, 1.165) is 30.7 Å². The summed E-state index contributed by atoms with van der Waals surface area (Å²) in [5.74, 6) is 1.19. The SMILES string of the molecule is CC1(C)C2CC(N=CC(O)Cc3ccccc3)C(C/C=C/CCCC(=O)O)C1C2. The zero-order valence-electron chi connectivity index (χ0n) is 17.7. The number of carboxylic acid groups (broad SMARTS) is 1. The van der Waals surface area contributed by atoms with Gasteiger partial charge in [-0.05, 0) is 60.8 Å². The molecule has 4 nitrogen and oxygen atoms in total. The highest BCUT2D eigenvalue weighted by Gasteiger charge is 2.57. The molecule has 158 valence electrons. The normalized spacial score (nSPS) is 29.1. The predicted molar refractivity (Wildman–Crippen MR) is 117 cm³/mol. The number of nitrogens with zero attached hydrogens (tertiary/aromatic N) is 1. The Balaban J connectivity index is 1.57. The molecule has 2 bridgehead atoms. The van der Waals surface area contributed by atoms with Crippen molar-refractivity contribution in [3.05, 3.63) is 48.0 Å². The van der Waals surface area contributed by atoms with Crippen molar-refractivity contribution in [2.75, 3.05) is 0 Å². The van der Waals surface area contributed by atoms with Gasteiger partial charge in [0.15, 0.2) is 0 Å². The van der Waals surface area contributed by atoms with Crippen LogP contribution in [0.3, 0.4) is 0 Å². The smallest absolute Gasteiger partial charge is 0.303 e. The second kappa shape index (κ2) is 9.71. The molecule has 3 aliphatic carbocycles. The third-order valence-corrected chi connectivity index (χ3v) is 7.16. The van der Waals surface area contributed by atoms with E-state index in [4.69, 9.17) is 10.1 Å². The van der Waals surface area contributed by atoms with Crippen LogP contribution in [-0.4, -0.2) is 34.5 Å². The molecule has 0 spiro atoms. The average Bonchev–Trinajstić information content (AvgIpc) is 2.69. The van der Waals surface area contributed by atoms with Crippen molar-refractivity contribution in [3.8, 4) is 0 Å². The van der Waals surface area contributed by atoms with E-state index < -0.39 is 12.1 Å². The highest BCUT2D eigenvalue weighted by atomic mass is 16.4. The quantitative estimate of drug-likeness (QED) is 0.335. The number of benzene rings is 1. The molecule has 1 aromatic rings. The lowest BCUT2D eigenvalue weighted by Crippen LogP contribution is -2.57. The number of unbranched alkanes of at least 4 members (excludes halogenated alkanes) is 1. The number of fused-ring (bicyclic) bond motifs is 2. The zero-order chi connectivity index (χ0) is 20.9. The number of rotatable bonds is 10. The standard InChI is InChI=1S/C25H35NO3/c1-25(2)19-15-22(25)21(12-8-3-4-9-13-24(28)29)23(16-19)26-17-20(27)14-18-10-6-5-7-11-18/h3,5-8,10-11,17,19-23,27H,4,9,12-16H2,1-2H3,(H,28,29)/b8-3+,26-17?. The van der Waals surface area contributed by atoms with Crippen molar-refractivity contribution >= 4 is 12.2 Å². The van der Waals surface area contributed by atoms with Gasteiger partial charge in [0.1, 0.15) is 0 Å². The van der Waals surface area contributed by atoms with Crippen molar-refractivity contribution in [2.24, 2.45) is 28.2 Å². The Kier molecular flexibility index (Phi) is 7.28. The number of carbonyl (C=O) groups is 1. The van der Waals surface area contributed by atoms with Gasteiger partial charge in [0.25, 0.3) is 0 Å². The topological polar surface area (TPSA) is 69.9 Å². The number of aliphatic hydroxyl groups excluding tert-OH is 1. The van der Waals surface area contributed by atoms with Crippen LogP contribution in [0.15, 0.2) is 47.5 Å². The van der Waals surface area contributed by atoms with Crippen LogP contribution in [0.1, 0.15) is 57.9 Å². The van der Waals surface area contributed by atoms with E-state index in [9.17, 15) is 9.90 Å². The molecule has 0 radical (unpaired) electrons. The first kappa shape index (κ1) is 21.8. The summed E-state index contributed by atoms with van der Waals surface area (Å²) in [5, 5.41) is 19.1. The molecule has 4 rings (SSSR count). The molecule has 2 N–H and O–H groups in total. The van der Waals surface area contributed by atoms with Crippen molar-refractivity contribution in [2.45, 2.75) is 70.9 Å². The number of aliphatic carboxylic acids is 1. The minimum absolute atomic E-state index is 0.233. The highest BCUT2D eigenvalue weighted by Crippen LogP contribution is 2.62. The zero-order valence-corrected chi connectivity index (χ0v) is 17.7. The molecule has 0 heterocycles. The van der Waals surface area contributed by atoms with Gasteiger partial charge in [0.05, 0.1) is 12.1 Å². The van der Waals surface area contributed by atoms with Crippen LogP contribution in [-0.2, 0) is 11.2 Å². The van der Waals surface area contributed by atoms with Gasteiger partial charge in [0, 0.05) is 19.1 Å². The monoisotopic (exact) mass is 397 g/mol. The Hall–Kier alpha value is -1.94. The van der Waals surface area contributed by atoms with Gasteiger partial charge < -0.3 is 10.2 Å². The van der Waals surface area contributed by atoms with Gasteiger partial charge in [0.2, 0.25) is 0 Å². The molecule has 0 aromatic heterocycles. The van der Waals surface area contributed by atoms with Gasteiger partial charge >= 0.3 is 5.97 Å². The molecule has 0 amide bonds. The molecule has 3 saturated carbocycles. The molecule has 0 aliphatic heterocycles. The van der Waals surface area contributed by atoms with Crippen molar-refractivity contribution < 1.29 is 15.0 Å². The fourth-order valence-corrected chi connectivity index (χ4v) is 5.27. The number of aliphatic imine (C=N–C) groups is 1. The van der Waals surface area contributed by atoms with E-state index in [1.807, 2.05) is 30.3 Å². The predicted octanol–water partition coefficient (Wildman–Crippen LogP) is 4.91. The minimum Gasteiger partial charge on any atom is -0.481 e. The largest absolute Gasteiger partial charge is 0.481 e. The number of allylic oxidation sites excluding steroid dienone is 2. The molecule has 29 heavy (non-hydrogen) atoms. The Bertz CT molecular complexity index is 725. The van der Waals surface area contributed by atoms with Crippen molar-refractivity contribution in [3.63, 3.8) is 0 Å². The highest BCUT2D eigenvalue weighted by molar-refractivity contribution is 5.66. The Morgan fingerprint density at radius 3 is 2.69 bits per heavy atom. The summed E-state index contributed by atoms with van der Waals surface area (Å²) in [6, 6.07) is 10.3. The summed E-state index contributed by atoms with van der Waals surface area (Å²) in [5.41, 5.74) is 1.51. The van der Waals surface area contributed by atoms with E-state index in [-0.39, 0.29) is 12.5 Å². The lowest BCUT2D eigenvalue weighted by atomic mass is 9.44. The molecular formula is C25H35NO3. The number of carboxylic acids is 1. The summed E-state index contributed by atoms with van der Waals surface area (Å²) < 4.78 is 0. The summed E-state index contributed by atoms with van der Waals surface area (Å²) in [6.07, 6.45) is 11.3. The van der Waals surface area contributed by atoms with Gasteiger partial charge in [-0.2, -0.15) is 0 Å². The maximum Gasteiger partial charge on any atom is 0.303 e. The van der Waals surface area contributed by atoms with Crippen LogP contribution in [0.2, 0.25) is 0 Å². The Morgan fingerprint density at radius 2 is 2.00 bits per heavy atom. The van der Waals surface area contributed by atoms with Crippen molar-refractivity contribution in [1.29, 1.82) is 0 Å². The first-order valence-corrected chi connectivity index (χ1v) is 11.0. The number of hydrogen-bond donors (Lipinski definition) is 2. The summed E-state index contributed by atoms with van der Waals surface area (Å²) in [7, 11) is 0. The summed E-state index contributed by atoms with van der Waals surface area (Å²) in [4.78, 5) is 15.5. The van der Waals surface area contributed by atoms with E-state index >= 15 is 0 Å². The number of hydrogen-bond acceptors (Lipinski definition) is 3. The van der Waals surface area contributed by atoms with Gasteiger partial charge in [-0.3, -0.25) is 9.79 Å². The van der Waals surface area contributed by atoms with Gasteiger partial charge in [-0.15, -0.1) is 0 Å². The van der Waals surface area contributed by atoms with Crippen LogP contribution in [0.4, 0.5) is 0 Å². The van der Waals surface area contributed by atoms with Crippen LogP contribution in [0.5, 0.6) is 0 Å². The Morgan fingerprint density at radius 1 is 1.24 bits per heavy atom. The summed E-state index contributed by atoms with van der Waals surface area (Å²) in [6.45, 7) is 4.78. The molecule has 3 aliphatic rings. The molecule has 5 atom stereocenters. The molecule has 4 heteroatoms. The third-order valence-electron chi connectivity index (χ3n) is 7.16. The maximum absolute atomic E-state index is 10.6. The average molecular weight is 398 g/mol. The fourth-order valence-electron chi connectivity index (χ4n) is 5.27. The second-order valence-electron chi connectivity index (χ2n) is 9.38. The van der Waals surface area contributed by atoms with Crippen LogP contribution >= 0.6 is 0 Å². The minimum atomic E-state index is -0.726. The van der Waals surface area contributed by atoms with E-state index in [2.05, 4.69) is 26.0 Å². The fraction of sp³-hybridized carbons (Fsp3) is 0.600. The molecular weight excluding hydrogens is 362 g/mol. The lowest BCUT2D eigenvalue weighted by Gasteiger charge is -2.62. The molecule has 3 fully saturated rings. The first-order chi connectivity index (χ1) is 13.9. The summed E-state index contributed by atoms with van der Waals surface area (Å²) >= 11 is 0.